The monoisotopic (exact) mass is 281 g/mol. The van der Waals surface area contributed by atoms with E-state index in [1.54, 1.807) is 18.2 Å². The van der Waals surface area contributed by atoms with Crippen LogP contribution in [0.15, 0.2) is 24.3 Å². The maximum atomic E-state index is 11.8. The molecule has 0 bridgehead atoms. The first kappa shape index (κ1) is 14.2. The van der Waals surface area contributed by atoms with Crippen molar-refractivity contribution in [1.29, 1.82) is 0 Å². The number of carbonyl (C=O) groups excluding carboxylic acids is 1. The van der Waals surface area contributed by atoms with Crippen LogP contribution in [0.2, 0.25) is 0 Å². The predicted molar refractivity (Wildman–Crippen MR) is 76.4 cm³/mol. The summed E-state index contributed by atoms with van der Waals surface area (Å²) < 4.78 is 0. The molecule has 2 rings (SSSR count). The summed E-state index contributed by atoms with van der Waals surface area (Å²) in [6.45, 7) is 0.639. The Kier molecular flexibility index (Phi) is 5.08. The number of para-hydroxylation sites is 1. The van der Waals surface area contributed by atoms with E-state index in [0.717, 1.165) is 12.8 Å². The molecule has 104 valence electrons. The van der Waals surface area contributed by atoms with Gasteiger partial charge in [0.15, 0.2) is 0 Å². The first-order valence-electron chi connectivity index (χ1n) is 6.84. The summed E-state index contributed by atoms with van der Waals surface area (Å²) in [6, 6.07) is 6.92. The Morgan fingerprint density at radius 2 is 2.05 bits per heavy atom. The SMILES string of the molecule is O=C(Cc1ccccc1O)NCC1CCCCC1Cl. The van der Waals surface area contributed by atoms with Gasteiger partial charge in [0.25, 0.3) is 0 Å². The van der Waals surface area contributed by atoms with E-state index in [9.17, 15) is 9.90 Å². The van der Waals surface area contributed by atoms with E-state index in [1.807, 2.05) is 6.07 Å². The lowest BCUT2D eigenvalue weighted by Gasteiger charge is -2.27. The molecule has 1 aromatic rings. The van der Waals surface area contributed by atoms with Gasteiger partial charge >= 0.3 is 0 Å². The van der Waals surface area contributed by atoms with E-state index in [2.05, 4.69) is 5.32 Å². The highest BCUT2D eigenvalue weighted by atomic mass is 35.5. The highest BCUT2D eigenvalue weighted by molar-refractivity contribution is 6.20. The van der Waals surface area contributed by atoms with Crippen LogP contribution in [0.1, 0.15) is 31.2 Å². The Balaban J connectivity index is 1.80. The third-order valence-corrected chi connectivity index (χ3v) is 4.29. The minimum atomic E-state index is -0.0593. The van der Waals surface area contributed by atoms with Crippen LogP contribution in [0.25, 0.3) is 0 Å². The maximum absolute atomic E-state index is 11.8. The van der Waals surface area contributed by atoms with Gasteiger partial charge < -0.3 is 10.4 Å². The molecule has 0 spiro atoms. The summed E-state index contributed by atoms with van der Waals surface area (Å²) in [4.78, 5) is 11.8. The standard InChI is InChI=1S/C15H20ClNO2/c16-13-7-3-1-6-12(13)10-17-15(19)9-11-5-2-4-8-14(11)18/h2,4-5,8,12-13,18H,1,3,6-7,9-10H2,(H,17,19). The lowest BCUT2D eigenvalue weighted by atomic mass is 9.88. The lowest BCUT2D eigenvalue weighted by molar-refractivity contribution is -0.120. The van der Waals surface area contributed by atoms with Gasteiger partial charge in [0.05, 0.1) is 6.42 Å². The molecule has 19 heavy (non-hydrogen) atoms. The Bertz CT molecular complexity index is 436. The topological polar surface area (TPSA) is 49.3 Å². The minimum Gasteiger partial charge on any atom is -0.508 e. The minimum absolute atomic E-state index is 0.0593. The van der Waals surface area contributed by atoms with Crippen molar-refractivity contribution in [3.63, 3.8) is 0 Å². The van der Waals surface area contributed by atoms with E-state index in [4.69, 9.17) is 11.6 Å². The van der Waals surface area contributed by atoms with E-state index >= 15 is 0 Å². The first-order valence-corrected chi connectivity index (χ1v) is 7.28. The fourth-order valence-corrected chi connectivity index (χ4v) is 2.90. The zero-order valence-corrected chi connectivity index (χ0v) is 11.7. The number of nitrogens with one attached hydrogen (secondary N) is 1. The van der Waals surface area contributed by atoms with E-state index in [-0.39, 0.29) is 23.5 Å². The maximum Gasteiger partial charge on any atom is 0.224 e. The number of phenols is 1. The van der Waals surface area contributed by atoms with Gasteiger partial charge in [-0.1, -0.05) is 31.0 Å². The Labute approximate surface area is 119 Å². The van der Waals surface area contributed by atoms with Crippen molar-refractivity contribution in [1.82, 2.24) is 5.32 Å². The highest BCUT2D eigenvalue weighted by Gasteiger charge is 2.23. The number of halogens is 1. The van der Waals surface area contributed by atoms with Gasteiger partial charge in [-0.05, 0) is 24.8 Å². The van der Waals surface area contributed by atoms with Gasteiger partial charge in [-0.3, -0.25) is 4.79 Å². The third kappa shape index (κ3) is 4.13. The van der Waals surface area contributed by atoms with Crippen LogP contribution >= 0.6 is 11.6 Å². The molecule has 2 unspecified atom stereocenters. The second-order valence-electron chi connectivity index (χ2n) is 5.17. The summed E-state index contributed by atoms with van der Waals surface area (Å²) in [5, 5.41) is 12.7. The summed E-state index contributed by atoms with van der Waals surface area (Å²) in [6.07, 6.45) is 4.73. The van der Waals surface area contributed by atoms with Crippen molar-refractivity contribution < 1.29 is 9.90 Å². The summed E-state index contributed by atoms with van der Waals surface area (Å²) >= 11 is 6.26. The molecule has 0 aliphatic heterocycles. The van der Waals surface area contributed by atoms with Gasteiger partial charge in [0.2, 0.25) is 5.91 Å². The quantitative estimate of drug-likeness (QED) is 0.834. The van der Waals surface area contributed by atoms with Crippen molar-refractivity contribution in [2.24, 2.45) is 5.92 Å². The van der Waals surface area contributed by atoms with Gasteiger partial charge in [0, 0.05) is 17.5 Å². The largest absolute Gasteiger partial charge is 0.508 e. The van der Waals surface area contributed by atoms with E-state index < -0.39 is 0 Å². The average molecular weight is 282 g/mol. The molecule has 4 heteroatoms. The number of amides is 1. The van der Waals surface area contributed by atoms with Crippen molar-refractivity contribution in [2.45, 2.75) is 37.5 Å². The molecule has 0 radical (unpaired) electrons. The number of phenolic OH excluding ortho intramolecular Hbond substituents is 1. The van der Waals surface area contributed by atoms with Crippen molar-refractivity contribution in [2.75, 3.05) is 6.54 Å². The Morgan fingerprint density at radius 1 is 1.32 bits per heavy atom. The third-order valence-electron chi connectivity index (χ3n) is 3.72. The van der Waals surface area contributed by atoms with Crippen molar-refractivity contribution in [3.8, 4) is 5.75 Å². The molecule has 2 N–H and O–H groups in total. The zero-order valence-electron chi connectivity index (χ0n) is 10.9. The van der Waals surface area contributed by atoms with Crippen LogP contribution in [0.3, 0.4) is 0 Å². The van der Waals surface area contributed by atoms with Crippen LogP contribution in [0.4, 0.5) is 0 Å². The van der Waals surface area contributed by atoms with Crippen LogP contribution < -0.4 is 5.32 Å². The smallest absolute Gasteiger partial charge is 0.224 e. The molecule has 0 aromatic heterocycles. The lowest BCUT2D eigenvalue weighted by Crippen LogP contribution is -2.35. The number of aromatic hydroxyl groups is 1. The fraction of sp³-hybridized carbons (Fsp3) is 0.533. The van der Waals surface area contributed by atoms with Crippen LogP contribution in [0.5, 0.6) is 5.75 Å². The molecule has 3 nitrogen and oxygen atoms in total. The number of rotatable bonds is 4. The van der Waals surface area contributed by atoms with E-state index in [0.29, 0.717) is 18.0 Å². The van der Waals surface area contributed by atoms with E-state index in [1.165, 1.54) is 12.8 Å². The molecule has 1 aliphatic rings. The molecule has 1 fully saturated rings. The highest BCUT2D eigenvalue weighted by Crippen LogP contribution is 2.28. The Hall–Kier alpha value is -1.22. The van der Waals surface area contributed by atoms with Gasteiger partial charge in [0.1, 0.15) is 5.75 Å². The second-order valence-corrected chi connectivity index (χ2v) is 5.73. The normalized spacial score (nSPS) is 23.0. The average Bonchev–Trinajstić information content (AvgIpc) is 2.40. The number of benzene rings is 1. The zero-order chi connectivity index (χ0) is 13.7. The van der Waals surface area contributed by atoms with Crippen LogP contribution in [-0.2, 0) is 11.2 Å². The molecule has 0 saturated heterocycles. The van der Waals surface area contributed by atoms with Crippen molar-refractivity contribution >= 4 is 17.5 Å². The number of hydrogen-bond donors (Lipinski definition) is 2. The predicted octanol–water partition coefficient (Wildman–Crippen LogP) is 2.85. The molecule has 1 aliphatic carbocycles. The summed E-state index contributed by atoms with van der Waals surface area (Å²) in [5.41, 5.74) is 0.658. The molecule has 1 amide bonds. The summed E-state index contributed by atoms with van der Waals surface area (Å²) in [5.74, 6) is 0.491. The number of carbonyl (C=O) groups is 1. The summed E-state index contributed by atoms with van der Waals surface area (Å²) in [7, 11) is 0. The molecule has 0 heterocycles. The fourth-order valence-electron chi connectivity index (χ4n) is 2.53. The number of alkyl halides is 1. The molecular weight excluding hydrogens is 262 g/mol. The van der Waals surface area contributed by atoms with Gasteiger partial charge in [-0.2, -0.15) is 0 Å². The second kappa shape index (κ2) is 6.80. The van der Waals surface area contributed by atoms with Crippen molar-refractivity contribution in [3.05, 3.63) is 29.8 Å². The van der Waals surface area contributed by atoms with Gasteiger partial charge in [-0.25, -0.2) is 0 Å². The van der Waals surface area contributed by atoms with Gasteiger partial charge in [-0.15, -0.1) is 11.6 Å². The molecule has 1 saturated carbocycles. The van der Waals surface area contributed by atoms with Crippen LogP contribution in [0, 0.1) is 5.92 Å². The first-order chi connectivity index (χ1) is 9.16. The number of hydrogen-bond acceptors (Lipinski definition) is 2. The molecule has 1 aromatic carbocycles. The Morgan fingerprint density at radius 3 is 2.79 bits per heavy atom. The molecule has 2 atom stereocenters. The van der Waals surface area contributed by atoms with Crippen LogP contribution in [-0.4, -0.2) is 22.9 Å². The molecular formula is C15H20ClNO2.